The molecule has 1 aliphatic rings. The Morgan fingerprint density at radius 2 is 2.12 bits per heavy atom. The van der Waals surface area contributed by atoms with Crippen molar-refractivity contribution in [2.24, 2.45) is 17.1 Å². The summed E-state index contributed by atoms with van der Waals surface area (Å²) in [7, 11) is 0. The van der Waals surface area contributed by atoms with Crippen LogP contribution in [0.25, 0.3) is 0 Å². The second-order valence-electron chi connectivity index (χ2n) is 5.05. The minimum atomic E-state index is -0.263. The monoisotopic (exact) mass is 223 g/mol. The van der Waals surface area contributed by atoms with Gasteiger partial charge in [0, 0.05) is 12.1 Å². The van der Waals surface area contributed by atoms with Crippen LogP contribution in [0.15, 0.2) is 24.3 Å². The summed E-state index contributed by atoms with van der Waals surface area (Å²) >= 11 is 0. The van der Waals surface area contributed by atoms with Crippen LogP contribution in [0.1, 0.15) is 20.3 Å². The Balaban J connectivity index is 1.77. The molecule has 1 aromatic carbocycles. The average Bonchev–Trinajstić information content (AvgIpc) is 2.68. The zero-order valence-electron chi connectivity index (χ0n) is 9.74. The maximum Gasteiger partial charge on any atom is 0.126 e. The van der Waals surface area contributed by atoms with E-state index >= 15 is 0 Å². The summed E-state index contributed by atoms with van der Waals surface area (Å²) < 4.78 is 18.3. The third-order valence-corrected chi connectivity index (χ3v) is 3.63. The van der Waals surface area contributed by atoms with E-state index in [4.69, 9.17) is 10.5 Å². The molecule has 2 atom stereocenters. The second-order valence-corrected chi connectivity index (χ2v) is 5.05. The molecule has 0 aromatic heterocycles. The standard InChI is InChI=1S/C13H18FNO/c1-13(2)11(12(13)15)6-7-16-10-5-3-4-9(14)8-10/h3-5,8,11-12H,6-7,15H2,1-2H3. The molecule has 0 aliphatic heterocycles. The smallest absolute Gasteiger partial charge is 0.126 e. The van der Waals surface area contributed by atoms with Crippen molar-refractivity contribution >= 4 is 0 Å². The van der Waals surface area contributed by atoms with E-state index in [-0.39, 0.29) is 17.3 Å². The van der Waals surface area contributed by atoms with Gasteiger partial charge in [0.2, 0.25) is 0 Å². The van der Waals surface area contributed by atoms with Crippen molar-refractivity contribution in [3.63, 3.8) is 0 Å². The summed E-state index contributed by atoms with van der Waals surface area (Å²) in [6.45, 7) is 4.94. The number of hydrogen-bond acceptors (Lipinski definition) is 2. The molecule has 2 N–H and O–H groups in total. The lowest BCUT2D eigenvalue weighted by Crippen LogP contribution is -2.07. The first-order chi connectivity index (χ1) is 7.51. The van der Waals surface area contributed by atoms with Crippen LogP contribution in [0, 0.1) is 17.2 Å². The van der Waals surface area contributed by atoms with Crippen LogP contribution in [-0.2, 0) is 0 Å². The van der Waals surface area contributed by atoms with Crippen molar-refractivity contribution < 1.29 is 9.13 Å². The van der Waals surface area contributed by atoms with Crippen molar-refractivity contribution in [3.8, 4) is 5.75 Å². The Morgan fingerprint density at radius 1 is 1.44 bits per heavy atom. The summed E-state index contributed by atoms with van der Waals surface area (Å²) in [6, 6.07) is 6.51. The largest absolute Gasteiger partial charge is 0.493 e. The third-order valence-electron chi connectivity index (χ3n) is 3.63. The van der Waals surface area contributed by atoms with Gasteiger partial charge in [-0.2, -0.15) is 0 Å². The molecule has 1 fully saturated rings. The van der Waals surface area contributed by atoms with Gasteiger partial charge in [-0.05, 0) is 29.9 Å². The first kappa shape index (κ1) is 11.4. The molecule has 0 radical (unpaired) electrons. The number of ether oxygens (including phenoxy) is 1. The summed E-state index contributed by atoms with van der Waals surface area (Å²) in [5.74, 6) is 0.856. The summed E-state index contributed by atoms with van der Waals surface area (Å²) in [5.41, 5.74) is 6.17. The Bertz CT molecular complexity index is 378. The number of rotatable bonds is 4. The van der Waals surface area contributed by atoms with Gasteiger partial charge in [-0.15, -0.1) is 0 Å². The van der Waals surface area contributed by atoms with Crippen molar-refractivity contribution in [1.82, 2.24) is 0 Å². The Hall–Kier alpha value is -1.09. The van der Waals surface area contributed by atoms with Gasteiger partial charge in [-0.25, -0.2) is 4.39 Å². The lowest BCUT2D eigenvalue weighted by atomic mass is 10.1. The molecule has 2 rings (SSSR count). The minimum absolute atomic E-state index is 0.241. The topological polar surface area (TPSA) is 35.2 Å². The molecular weight excluding hydrogens is 205 g/mol. The van der Waals surface area contributed by atoms with Gasteiger partial charge in [-0.1, -0.05) is 19.9 Å². The Kier molecular flexibility index (Phi) is 2.89. The number of halogens is 1. The minimum Gasteiger partial charge on any atom is -0.493 e. The molecule has 2 nitrogen and oxygen atoms in total. The molecule has 0 heterocycles. The van der Waals surface area contributed by atoms with E-state index in [0.29, 0.717) is 18.3 Å². The highest BCUT2D eigenvalue weighted by Gasteiger charge is 2.54. The summed E-state index contributed by atoms with van der Waals surface area (Å²) in [4.78, 5) is 0. The fourth-order valence-electron chi connectivity index (χ4n) is 2.20. The van der Waals surface area contributed by atoms with Crippen LogP contribution >= 0.6 is 0 Å². The van der Waals surface area contributed by atoms with Gasteiger partial charge >= 0.3 is 0 Å². The predicted molar refractivity (Wildman–Crippen MR) is 61.8 cm³/mol. The van der Waals surface area contributed by atoms with Crippen molar-refractivity contribution in [1.29, 1.82) is 0 Å². The number of hydrogen-bond donors (Lipinski definition) is 1. The van der Waals surface area contributed by atoms with Crippen LogP contribution in [0.2, 0.25) is 0 Å². The summed E-state index contributed by atoms with van der Waals surface area (Å²) in [6.07, 6.45) is 0.935. The quantitative estimate of drug-likeness (QED) is 0.851. The average molecular weight is 223 g/mol. The van der Waals surface area contributed by atoms with Gasteiger partial charge in [0.1, 0.15) is 11.6 Å². The Labute approximate surface area is 95.6 Å². The zero-order chi connectivity index (χ0) is 11.8. The molecule has 2 unspecified atom stereocenters. The van der Waals surface area contributed by atoms with Crippen LogP contribution in [-0.4, -0.2) is 12.6 Å². The van der Waals surface area contributed by atoms with Crippen LogP contribution < -0.4 is 10.5 Å². The van der Waals surface area contributed by atoms with Crippen molar-refractivity contribution in [3.05, 3.63) is 30.1 Å². The zero-order valence-corrected chi connectivity index (χ0v) is 9.74. The number of nitrogens with two attached hydrogens (primary N) is 1. The molecule has 1 aromatic rings. The van der Waals surface area contributed by atoms with E-state index in [1.807, 2.05) is 0 Å². The highest BCUT2D eigenvalue weighted by atomic mass is 19.1. The van der Waals surface area contributed by atoms with Gasteiger partial charge < -0.3 is 10.5 Å². The molecule has 0 bridgehead atoms. The van der Waals surface area contributed by atoms with Gasteiger partial charge in [0.15, 0.2) is 0 Å². The van der Waals surface area contributed by atoms with Crippen molar-refractivity contribution in [2.45, 2.75) is 26.3 Å². The lowest BCUT2D eigenvalue weighted by Gasteiger charge is -2.06. The maximum absolute atomic E-state index is 12.9. The van der Waals surface area contributed by atoms with Crippen LogP contribution in [0.5, 0.6) is 5.75 Å². The summed E-state index contributed by atoms with van der Waals surface area (Å²) in [5, 5.41) is 0. The highest BCUT2D eigenvalue weighted by Crippen LogP contribution is 2.52. The fourth-order valence-corrected chi connectivity index (χ4v) is 2.20. The van der Waals surface area contributed by atoms with Gasteiger partial charge in [-0.3, -0.25) is 0 Å². The van der Waals surface area contributed by atoms with Crippen LogP contribution in [0.4, 0.5) is 4.39 Å². The fraction of sp³-hybridized carbons (Fsp3) is 0.538. The maximum atomic E-state index is 12.9. The predicted octanol–water partition coefficient (Wildman–Crippen LogP) is 2.58. The molecule has 0 amide bonds. The molecule has 0 spiro atoms. The van der Waals surface area contributed by atoms with E-state index in [2.05, 4.69) is 13.8 Å². The van der Waals surface area contributed by atoms with Gasteiger partial charge in [0.25, 0.3) is 0 Å². The first-order valence-electron chi connectivity index (χ1n) is 5.66. The SMILES string of the molecule is CC1(C)C(N)C1CCOc1cccc(F)c1. The molecule has 3 heteroatoms. The Morgan fingerprint density at radius 3 is 2.69 bits per heavy atom. The first-order valence-corrected chi connectivity index (χ1v) is 5.66. The normalized spacial score (nSPS) is 26.5. The van der Waals surface area contributed by atoms with Crippen molar-refractivity contribution in [2.75, 3.05) is 6.61 Å². The molecule has 1 saturated carbocycles. The van der Waals surface area contributed by atoms with Crippen LogP contribution in [0.3, 0.4) is 0 Å². The molecule has 16 heavy (non-hydrogen) atoms. The molecule has 88 valence electrons. The molecule has 1 aliphatic carbocycles. The lowest BCUT2D eigenvalue weighted by molar-refractivity contribution is 0.291. The third kappa shape index (κ3) is 2.19. The van der Waals surface area contributed by atoms with E-state index in [0.717, 1.165) is 6.42 Å². The van der Waals surface area contributed by atoms with E-state index in [1.54, 1.807) is 12.1 Å². The number of benzene rings is 1. The van der Waals surface area contributed by atoms with E-state index < -0.39 is 0 Å². The van der Waals surface area contributed by atoms with E-state index in [9.17, 15) is 4.39 Å². The van der Waals surface area contributed by atoms with Gasteiger partial charge in [0.05, 0.1) is 6.61 Å². The molecular formula is C13H18FNO. The molecule has 0 saturated heterocycles. The highest BCUT2D eigenvalue weighted by molar-refractivity contribution is 5.22. The van der Waals surface area contributed by atoms with E-state index in [1.165, 1.54) is 12.1 Å². The second kappa shape index (κ2) is 4.06.